The second-order valence-electron chi connectivity index (χ2n) is 8.38. The van der Waals surface area contributed by atoms with Crippen LogP contribution in [0.3, 0.4) is 0 Å². The summed E-state index contributed by atoms with van der Waals surface area (Å²) in [4.78, 5) is 29.4. The lowest BCUT2D eigenvalue weighted by Gasteiger charge is -2.40. The zero-order valence-corrected chi connectivity index (χ0v) is 17.7. The van der Waals surface area contributed by atoms with E-state index in [1.165, 1.54) is 5.56 Å². The van der Waals surface area contributed by atoms with Crippen LogP contribution in [0.4, 0.5) is 0 Å². The minimum Gasteiger partial charge on any atom is -0.378 e. The normalized spacial score (nSPS) is 19.4. The molecular weight excluding hydrogens is 376 g/mol. The lowest BCUT2D eigenvalue weighted by molar-refractivity contribution is -0.124. The Bertz CT molecular complexity index is 865. The number of carbonyl (C=O) groups excluding carboxylic acids is 2. The lowest BCUT2D eigenvalue weighted by Crippen LogP contribution is -2.46. The van der Waals surface area contributed by atoms with Gasteiger partial charge in [-0.3, -0.25) is 14.5 Å². The summed E-state index contributed by atoms with van der Waals surface area (Å²) in [6.45, 7) is 6.90. The van der Waals surface area contributed by atoms with Crippen LogP contribution in [0.5, 0.6) is 0 Å². The molecule has 2 saturated heterocycles. The van der Waals surface area contributed by atoms with Crippen molar-refractivity contribution in [1.29, 1.82) is 0 Å². The quantitative estimate of drug-likeness (QED) is 0.765. The monoisotopic (exact) mass is 406 g/mol. The van der Waals surface area contributed by atoms with Crippen LogP contribution in [-0.4, -0.2) is 60.9 Å². The van der Waals surface area contributed by atoms with Gasteiger partial charge >= 0.3 is 0 Å². The number of hydrogen-bond acceptors (Lipinski definition) is 4. The molecule has 0 N–H and O–H groups in total. The minimum absolute atomic E-state index is 0.0805. The Morgan fingerprint density at radius 3 is 2.13 bits per heavy atom. The van der Waals surface area contributed by atoms with Crippen LogP contribution >= 0.6 is 0 Å². The van der Waals surface area contributed by atoms with E-state index in [1.807, 2.05) is 35.2 Å². The molecule has 0 aromatic heterocycles. The Balaban J connectivity index is 1.37. The van der Waals surface area contributed by atoms with Crippen LogP contribution in [0, 0.1) is 0 Å². The van der Waals surface area contributed by atoms with E-state index in [4.69, 9.17) is 4.74 Å². The first-order chi connectivity index (χ1) is 14.6. The maximum atomic E-state index is 12.6. The summed E-state index contributed by atoms with van der Waals surface area (Å²) in [6.07, 6.45) is 1.69. The standard InChI is InChI=1S/C25H30N2O3/c1-20(28)25(23-5-3-2-4-6-23)11-13-26(14-12-25)19-21-7-9-22(10-8-21)24(29)27-15-17-30-18-16-27/h2-10H,11-19H2,1H3. The molecule has 5 heteroatoms. The summed E-state index contributed by atoms with van der Waals surface area (Å²) in [5.74, 6) is 0.344. The SMILES string of the molecule is CC(=O)C1(c2ccccc2)CCN(Cc2ccc(C(=O)N3CCOCC3)cc2)CC1. The Hall–Kier alpha value is -2.50. The third-order valence-electron chi connectivity index (χ3n) is 6.62. The molecule has 4 rings (SSSR count). The smallest absolute Gasteiger partial charge is 0.254 e. The molecule has 5 nitrogen and oxygen atoms in total. The van der Waals surface area contributed by atoms with Crippen LogP contribution in [0.1, 0.15) is 41.3 Å². The summed E-state index contributed by atoms with van der Waals surface area (Å²) < 4.78 is 5.33. The van der Waals surface area contributed by atoms with Gasteiger partial charge in [0.2, 0.25) is 0 Å². The van der Waals surface area contributed by atoms with Gasteiger partial charge in [0.05, 0.1) is 18.6 Å². The van der Waals surface area contributed by atoms with Crippen molar-refractivity contribution in [3.8, 4) is 0 Å². The molecule has 0 unspecified atom stereocenters. The molecular formula is C25H30N2O3. The largest absolute Gasteiger partial charge is 0.378 e. The third kappa shape index (κ3) is 4.32. The van der Waals surface area contributed by atoms with Gasteiger partial charge in [-0.05, 0) is 56.1 Å². The van der Waals surface area contributed by atoms with Gasteiger partial charge in [0, 0.05) is 25.2 Å². The number of morpholine rings is 1. The number of ether oxygens (including phenoxy) is 1. The first kappa shape index (κ1) is 20.8. The van der Waals surface area contributed by atoms with Crippen molar-refractivity contribution >= 4 is 11.7 Å². The predicted molar refractivity (Wildman–Crippen MR) is 116 cm³/mol. The average molecular weight is 407 g/mol. The average Bonchev–Trinajstić information content (AvgIpc) is 2.81. The molecule has 158 valence electrons. The van der Waals surface area contributed by atoms with Crippen LogP contribution in [0.25, 0.3) is 0 Å². The van der Waals surface area contributed by atoms with Crippen LogP contribution in [0.15, 0.2) is 54.6 Å². The van der Waals surface area contributed by atoms with Crippen molar-refractivity contribution in [2.75, 3.05) is 39.4 Å². The van der Waals surface area contributed by atoms with Gasteiger partial charge in [-0.25, -0.2) is 0 Å². The Kier molecular flexibility index (Phi) is 6.30. The highest BCUT2D eigenvalue weighted by Crippen LogP contribution is 2.36. The predicted octanol–water partition coefficient (Wildman–Crippen LogP) is 3.28. The molecule has 2 aliphatic heterocycles. The van der Waals surface area contributed by atoms with Gasteiger partial charge in [-0.2, -0.15) is 0 Å². The van der Waals surface area contributed by atoms with Gasteiger partial charge < -0.3 is 9.64 Å². The molecule has 0 atom stereocenters. The Labute approximate surface area is 178 Å². The summed E-state index contributed by atoms with van der Waals surface area (Å²) >= 11 is 0. The van der Waals surface area contributed by atoms with Gasteiger partial charge in [0.15, 0.2) is 0 Å². The maximum Gasteiger partial charge on any atom is 0.254 e. The summed E-state index contributed by atoms with van der Waals surface area (Å²) in [5, 5.41) is 0. The van der Waals surface area contributed by atoms with Crippen molar-refractivity contribution in [2.45, 2.75) is 31.7 Å². The molecule has 2 aromatic carbocycles. The van der Waals surface area contributed by atoms with Crippen LogP contribution < -0.4 is 0 Å². The molecule has 2 aromatic rings. The van der Waals surface area contributed by atoms with E-state index >= 15 is 0 Å². The Morgan fingerprint density at radius 2 is 1.53 bits per heavy atom. The number of hydrogen-bond donors (Lipinski definition) is 0. The molecule has 0 aliphatic carbocycles. The fourth-order valence-electron chi connectivity index (χ4n) is 4.65. The van der Waals surface area contributed by atoms with Crippen molar-refractivity contribution < 1.29 is 14.3 Å². The molecule has 0 bridgehead atoms. The molecule has 2 aliphatic rings. The number of rotatable bonds is 5. The van der Waals surface area contributed by atoms with Crippen molar-refractivity contribution in [1.82, 2.24) is 9.80 Å². The van der Waals surface area contributed by atoms with E-state index < -0.39 is 0 Å². The lowest BCUT2D eigenvalue weighted by atomic mass is 9.70. The van der Waals surface area contributed by atoms with Crippen molar-refractivity contribution in [2.24, 2.45) is 0 Å². The number of ketones is 1. The van der Waals surface area contributed by atoms with Gasteiger partial charge in [-0.15, -0.1) is 0 Å². The summed E-state index contributed by atoms with van der Waals surface area (Å²) in [7, 11) is 0. The Morgan fingerprint density at radius 1 is 0.900 bits per heavy atom. The van der Waals surface area contributed by atoms with Gasteiger partial charge in [0.1, 0.15) is 5.78 Å². The minimum atomic E-state index is -0.355. The van der Waals surface area contributed by atoms with E-state index in [-0.39, 0.29) is 17.1 Å². The van der Waals surface area contributed by atoms with Crippen molar-refractivity contribution in [3.05, 3.63) is 71.3 Å². The highest BCUT2D eigenvalue weighted by Gasteiger charge is 2.40. The summed E-state index contributed by atoms with van der Waals surface area (Å²) in [5.41, 5.74) is 2.72. The number of amides is 1. The molecule has 0 radical (unpaired) electrons. The number of carbonyl (C=O) groups is 2. The molecule has 0 saturated carbocycles. The number of likely N-dealkylation sites (tertiary alicyclic amines) is 1. The third-order valence-corrected chi connectivity index (χ3v) is 6.62. The van der Waals surface area contributed by atoms with E-state index in [2.05, 4.69) is 29.2 Å². The molecule has 0 spiro atoms. The first-order valence-corrected chi connectivity index (χ1v) is 10.8. The van der Waals surface area contributed by atoms with Crippen LogP contribution in [0.2, 0.25) is 0 Å². The molecule has 30 heavy (non-hydrogen) atoms. The van der Waals surface area contributed by atoms with E-state index in [0.717, 1.165) is 43.6 Å². The first-order valence-electron chi connectivity index (χ1n) is 10.8. The van der Waals surface area contributed by atoms with Gasteiger partial charge in [0.25, 0.3) is 5.91 Å². The highest BCUT2D eigenvalue weighted by molar-refractivity contribution is 5.94. The van der Waals surface area contributed by atoms with Crippen LogP contribution in [-0.2, 0) is 21.5 Å². The number of piperidine rings is 1. The fourth-order valence-corrected chi connectivity index (χ4v) is 4.65. The second kappa shape index (κ2) is 9.11. The highest BCUT2D eigenvalue weighted by atomic mass is 16.5. The zero-order valence-electron chi connectivity index (χ0n) is 17.7. The van der Waals surface area contributed by atoms with Crippen molar-refractivity contribution in [3.63, 3.8) is 0 Å². The van der Waals surface area contributed by atoms with E-state index in [0.29, 0.717) is 26.3 Å². The summed E-state index contributed by atoms with van der Waals surface area (Å²) in [6, 6.07) is 18.2. The topological polar surface area (TPSA) is 49.9 Å². The van der Waals surface area contributed by atoms with Gasteiger partial charge in [-0.1, -0.05) is 42.5 Å². The number of nitrogens with zero attached hydrogens (tertiary/aromatic N) is 2. The second-order valence-corrected chi connectivity index (χ2v) is 8.38. The number of benzene rings is 2. The fraction of sp³-hybridized carbons (Fsp3) is 0.440. The number of Topliss-reactive ketones (excluding diaryl/α,β-unsaturated/α-hetero) is 1. The molecule has 2 fully saturated rings. The maximum absolute atomic E-state index is 12.6. The van der Waals surface area contributed by atoms with E-state index in [9.17, 15) is 9.59 Å². The zero-order chi connectivity index (χ0) is 21.0. The molecule has 2 heterocycles. The molecule has 1 amide bonds. The van der Waals surface area contributed by atoms with E-state index in [1.54, 1.807) is 6.92 Å².